The predicted octanol–water partition coefficient (Wildman–Crippen LogP) is 12.8. The number of allylic oxidation sites excluding steroid dienone is 5. The number of nitrogens with zero attached hydrogens (tertiary/aromatic N) is 3. The molecule has 2 aliphatic carbocycles. The third-order valence-corrected chi connectivity index (χ3v) is 11.0. The van der Waals surface area contributed by atoms with E-state index in [0.29, 0.717) is 17.7 Å². The van der Waals surface area contributed by atoms with Crippen molar-refractivity contribution in [3.63, 3.8) is 0 Å². The van der Waals surface area contributed by atoms with Crippen molar-refractivity contribution in [1.29, 1.82) is 0 Å². The number of hydrogen-bond acceptors (Lipinski definition) is 3. The number of para-hydroxylation sites is 1. The van der Waals surface area contributed by atoms with Gasteiger partial charge >= 0.3 is 0 Å². The van der Waals surface area contributed by atoms with E-state index in [4.69, 9.17) is 4.42 Å². The highest BCUT2D eigenvalue weighted by Crippen LogP contribution is 2.42. The molecule has 2 aromatic heterocycles. The fourth-order valence-electron chi connectivity index (χ4n) is 8.42. The zero-order valence-corrected chi connectivity index (χ0v) is 29.5. The minimum atomic E-state index is 0.218. The smallest absolute Gasteiger partial charge is 0.248 e. The van der Waals surface area contributed by atoms with Gasteiger partial charge in [0.1, 0.15) is 0 Å². The summed E-state index contributed by atoms with van der Waals surface area (Å²) in [6.45, 7) is 2.34. The van der Waals surface area contributed by atoms with Crippen LogP contribution in [0, 0.1) is 0 Å². The highest BCUT2D eigenvalue weighted by atomic mass is 16.4. The Bertz CT molecular complexity index is 2750. The van der Waals surface area contributed by atoms with E-state index in [-0.39, 0.29) is 5.92 Å². The van der Waals surface area contributed by atoms with Crippen LogP contribution in [0.15, 0.2) is 168 Å². The number of hydrogen-bond donors (Lipinski definition) is 0. The second kappa shape index (κ2) is 12.9. The van der Waals surface area contributed by atoms with Gasteiger partial charge in [-0.1, -0.05) is 153 Å². The van der Waals surface area contributed by atoms with Crippen LogP contribution in [0.3, 0.4) is 0 Å². The zero-order valence-electron chi connectivity index (χ0n) is 29.5. The third kappa shape index (κ3) is 5.37. The fraction of sp³-hybridized carbons (Fsp3) is 0.102. The molecule has 2 atom stereocenters. The summed E-state index contributed by atoms with van der Waals surface area (Å²) in [6, 6.07) is 50.0. The summed E-state index contributed by atoms with van der Waals surface area (Å²) < 4.78 is 8.73. The Morgan fingerprint density at radius 3 is 2.15 bits per heavy atom. The first-order chi connectivity index (χ1) is 26.2. The Kier molecular flexibility index (Phi) is 7.61. The van der Waals surface area contributed by atoms with Gasteiger partial charge in [-0.25, -0.2) is 0 Å². The van der Waals surface area contributed by atoms with Crippen molar-refractivity contribution < 1.29 is 4.42 Å². The lowest BCUT2D eigenvalue weighted by Gasteiger charge is -2.21. The van der Waals surface area contributed by atoms with Crippen LogP contribution in [-0.4, -0.2) is 14.8 Å². The summed E-state index contributed by atoms with van der Waals surface area (Å²) in [5, 5.41) is 12.5. The van der Waals surface area contributed by atoms with E-state index >= 15 is 0 Å². The summed E-state index contributed by atoms with van der Waals surface area (Å²) in [6.07, 6.45) is 13.2. The molecular weight excluding hydrogens is 647 g/mol. The normalized spacial score (nSPS) is 16.6. The molecule has 10 rings (SSSR count). The number of aromatic nitrogens is 3. The maximum atomic E-state index is 6.26. The van der Waals surface area contributed by atoms with Crippen molar-refractivity contribution in [1.82, 2.24) is 14.8 Å². The highest BCUT2D eigenvalue weighted by molar-refractivity contribution is 5.95. The minimum absolute atomic E-state index is 0.218. The first-order valence-corrected chi connectivity index (χ1v) is 18.5. The lowest BCUT2D eigenvalue weighted by atomic mass is 9.83. The van der Waals surface area contributed by atoms with Gasteiger partial charge in [0.25, 0.3) is 0 Å². The van der Waals surface area contributed by atoms with Crippen LogP contribution in [0.1, 0.15) is 54.3 Å². The predicted molar refractivity (Wildman–Crippen MR) is 218 cm³/mol. The molecule has 4 heteroatoms. The number of fused-ring (bicyclic) bond motifs is 4. The SMILES string of the molecule is CC1CC=Cc2c1n(-c1ccc(-c3ccccc3-c3ccccc3C3C=CC(c4nnc(-c5cccc6ccccc56)o4)=CC3)cc1)c1ccccc21. The van der Waals surface area contributed by atoms with Gasteiger partial charge in [-0.2, -0.15) is 0 Å². The van der Waals surface area contributed by atoms with Crippen LogP contribution in [-0.2, 0) is 0 Å². The monoisotopic (exact) mass is 683 g/mol. The molecule has 0 fully saturated rings. The molecule has 0 saturated heterocycles. The van der Waals surface area contributed by atoms with Gasteiger partial charge in [0.15, 0.2) is 0 Å². The van der Waals surface area contributed by atoms with Gasteiger partial charge in [-0.3, -0.25) is 0 Å². The average molecular weight is 684 g/mol. The van der Waals surface area contributed by atoms with Gasteiger partial charge in [0, 0.05) is 45.3 Å². The molecular formula is C49H37N3O. The van der Waals surface area contributed by atoms with Crippen molar-refractivity contribution in [3.8, 4) is 39.4 Å². The molecule has 2 aliphatic rings. The van der Waals surface area contributed by atoms with Crippen LogP contribution < -0.4 is 0 Å². The van der Waals surface area contributed by atoms with Crippen molar-refractivity contribution in [2.24, 2.45) is 0 Å². The van der Waals surface area contributed by atoms with Gasteiger partial charge < -0.3 is 8.98 Å². The molecule has 2 heterocycles. The molecule has 53 heavy (non-hydrogen) atoms. The molecule has 6 aromatic carbocycles. The van der Waals surface area contributed by atoms with Crippen molar-refractivity contribution in [2.45, 2.75) is 31.6 Å². The Morgan fingerprint density at radius 1 is 0.604 bits per heavy atom. The summed E-state index contributed by atoms with van der Waals surface area (Å²) >= 11 is 0. The molecule has 0 aliphatic heterocycles. The standard InChI is InChI=1S/C49H37N3O/c1-32-12-10-21-44-43-20-8-9-23-46(43)52(47(32)44)37-30-28-35(29-31-37)39-16-5-7-19-42(39)41-18-6-4-15-38(41)34-24-26-36(27-25-34)48-50-51-49(53-48)45-22-11-14-33-13-2-3-17-40(33)45/h2-11,13-24,26-32,34H,12,25H2,1H3. The topological polar surface area (TPSA) is 43.9 Å². The molecule has 0 saturated carbocycles. The van der Waals surface area contributed by atoms with E-state index < -0.39 is 0 Å². The molecule has 0 radical (unpaired) electrons. The number of benzene rings is 6. The lowest BCUT2D eigenvalue weighted by Crippen LogP contribution is -2.07. The molecule has 0 N–H and O–H groups in total. The Labute approximate surface area is 309 Å². The second-order valence-electron chi connectivity index (χ2n) is 14.2. The highest BCUT2D eigenvalue weighted by Gasteiger charge is 2.24. The maximum absolute atomic E-state index is 6.26. The number of rotatable bonds is 6. The molecule has 0 spiro atoms. The van der Waals surface area contributed by atoms with E-state index in [1.807, 2.05) is 24.3 Å². The average Bonchev–Trinajstić information content (AvgIpc) is 3.85. The largest absolute Gasteiger partial charge is 0.416 e. The van der Waals surface area contributed by atoms with E-state index in [2.05, 4.69) is 167 Å². The molecule has 254 valence electrons. The third-order valence-electron chi connectivity index (χ3n) is 11.0. The Morgan fingerprint density at radius 2 is 1.30 bits per heavy atom. The maximum Gasteiger partial charge on any atom is 0.248 e. The van der Waals surface area contributed by atoms with Gasteiger partial charge in [-0.05, 0) is 75.7 Å². The van der Waals surface area contributed by atoms with Crippen LogP contribution >= 0.6 is 0 Å². The second-order valence-corrected chi connectivity index (χ2v) is 14.2. The summed E-state index contributed by atoms with van der Waals surface area (Å²) in [5.41, 5.74) is 13.3. The van der Waals surface area contributed by atoms with Crippen LogP contribution in [0.4, 0.5) is 0 Å². The van der Waals surface area contributed by atoms with Crippen LogP contribution in [0.5, 0.6) is 0 Å². The summed E-state index contributed by atoms with van der Waals surface area (Å²) in [5.74, 6) is 1.76. The van der Waals surface area contributed by atoms with Crippen molar-refractivity contribution >= 4 is 33.3 Å². The van der Waals surface area contributed by atoms with Crippen LogP contribution in [0.25, 0.3) is 72.7 Å². The van der Waals surface area contributed by atoms with Gasteiger partial charge in [-0.15, -0.1) is 10.2 Å². The molecule has 0 amide bonds. The first kappa shape index (κ1) is 31.2. The zero-order chi connectivity index (χ0) is 35.3. The van der Waals surface area contributed by atoms with E-state index in [0.717, 1.165) is 34.8 Å². The lowest BCUT2D eigenvalue weighted by molar-refractivity contribution is 0.554. The van der Waals surface area contributed by atoms with Gasteiger partial charge in [0.2, 0.25) is 11.8 Å². The van der Waals surface area contributed by atoms with Crippen molar-refractivity contribution in [2.75, 3.05) is 0 Å². The Balaban J connectivity index is 0.948. The molecule has 8 aromatic rings. The quantitative estimate of drug-likeness (QED) is 0.175. The molecule has 0 bridgehead atoms. The van der Waals surface area contributed by atoms with Crippen molar-refractivity contribution in [3.05, 3.63) is 187 Å². The first-order valence-electron chi connectivity index (χ1n) is 18.5. The summed E-state index contributed by atoms with van der Waals surface area (Å²) in [4.78, 5) is 0. The van der Waals surface area contributed by atoms with E-state index in [9.17, 15) is 0 Å². The Hall–Kier alpha value is -6.52. The molecule has 2 unspecified atom stereocenters. The molecule has 4 nitrogen and oxygen atoms in total. The van der Waals surface area contributed by atoms with E-state index in [1.54, 1.807) is 0 Å². The van der Waals surface area contributed by atoms with E-state index in [1.165, 1.54) is 55.7 Å². The summed E-state index contributed by atoms with van der Waals surface area (Å²) in [7, 11) is 0. The van der Waals surface area contributed by atoms with Gasteiger partial charge in [0.05, 0.1) is 5.52 Å². The fourth-order valence-corrected chi connectivity index (χ4v) is 8.42. The van der Waals surface area contributed by atoms with Crippen LogP contribution in [0.2, 0.25) is 0 Å². The minimum Gasteiger partial charge on any atom is -0.416 e.